The van der Waals surface area contributed by atoms with E-state index in [1.165, 1.54) is 6.92 Å². The summed E-state index contributed by atoms with van der Waals surface area (Å²) in [5.41, 5.74) is 0.995. The van der Waals surface area contributed by atoms with Gasteiger partial charge < -0.3 is 9.64 Å². The molecule has 1 amide bonds. The lowest BCUT2D eigenvalue weighted by atomic mass is 10.0. The molecule has 1 unspecified atom stereocenters. The van der Waals surface area contributed by atoms with E-state index in [0.717, 1.165) is 19.4 Å². The van der Waals surface area contributed by atoms with Crippen LogP contribution in [0.25, 0.3) is 0 Å². The Morgan fingerprint density at radius 2 is 1.95 bits per heavy atom. The first kappa shape index (κ1) is 16.7. The Labute approximate surface area is 132 Å². The molecule has 2 rings (SSSR count). The fraction of sp³-hybridized carbons (Fsp3) is 0.556. The van der Waals surface area contributed by atoms with Crippen molar-refractivity contribution >= 4 is 11.7 Å². The Morgan fingerprint density at radius 3 is 2.59 bits per heavy atom. The van der Waals surface area contributed by atoms with Gasteiger partial charge in [0.1, 0.15) is 0 Å². The molecule has 0 bridgehead atoms. The van der Waals surface area contributed by atoms with E-state index in [9.17, 15) is 9.59 Å². The molecule has 0 aliphatic carbocycles. The second-order valence-electron chi connectivity index (χ2n) is 6.32. The van der Waals surface area contributed by atoms with Crippen molar-refractivity contribution < 1.29 is 14.3 Å². The smallest absolute Gasteiger partial charge is 0.254 e. The van der Waals surface area contributed by atoms with Crippen molar-refractivity contribution in [2.75, 3.05) is 19.7 Å². The first-order valence-electron chi connectivity index (χ1n) is 8.00. The first-order valence-corrected chi connectivity index (χ1v) is 8.00. The molecule has 4 nitrogen and oxygen atoms in total. The molecule has 1 heterocycles. The molecule has 0 aromatic heterocycles. The van der Waals surface area contributed by atoms with E-state index in [2.05, 4.69) is 13.8 Å². The van der Waals surface area contributed by atoms with Crippen molar-refractivity contribution in [1.29, 1.82) is 0 Å². The van der Waals surface area contributed by atoms with Gasteiger partial charge in [-0.05, 0) is 31.7 Å². The highest BCUT2D eigenvalue weighted by Crippen LogP contribution is 2.19. The third-order valence-electron chi connectivity index (χ3n) is 4.02. The van der Waals surface area contributed by atoms with Crippen LogP contribution in [-0.2, 0) is 4.74 Å². The van der Waals surface area contributed by atoms with E-state index < -0.39 is 0 Å². The molecule has 0 spiro atoms. The van der Waals surface area contributed by atoms with Gasteiger partial charge in [0.2, 0.25) is 0 Å². The topological polar surface area (TPSA) is 46.6 Å². The van der Waals surface area contributed by atoms with Crippen molar-refractivity contribution in [2.24, 2.45) is 5.92 Å². The number of ketones is 1. The highest BCUT2D eigenvalue weighted by atomic mass is 16.5. The van der Waals surface area contributed by atoms with Gasteiger partial charge in [0.15, 0.2) is 5.78 Å². The maximum atomic E-state index is 12.6. The Kier molecular flexibility index (Phi) is 5.72. The van der Waals surface area contributed by atoms with Crippen LogP contribution in [-0.4, -0.2) is 42.4 Å². The summed E-state index contributed by atoms with van der Waals surface area (Å²) in [4.78, 5) is 26.1. The largest absolute Gasteiger partial charge is 0.376 e. The number of Topliss-reactive ketones (excluding diaryl/α,β-unsaturated/α-hetero) is 1. The van der Waals surface area contributed by atoms with Gasteiger partial charge in [-0.3, -0.25) is 9.59 Å². The average Bonchev–Trinajstić information content (AvgIpc) is 2.95. The molecular weight excluding hydrogens is 278 g/mol. The zero-order chi connectivity index (χ0) is 16.1. The molecule has 22 heavy (non-hydrogen) atoms. The van der Waals surface area contributed by atoms with Crippen molar-refractivity contribution in [3.05, 3.63) is 35.4 Å². The summed E-state index contributed by atoms with van der Waals surface area (Å²) in [5.74, 6) is 0.482. The summed E-state index contributed by atoms with van der Waals surface area (Å²) in [5, 5.41) is 0. The molecule has 0 N–H and O–H groups in total. The second-order valence-corrected chi connectivity index (χ2v) is 6.32. The first-order chi connectivity index (χ1) is 10.5. The SMILES string of the molecule is CC(=O)c1ccccc1C(=O)N1CCC(OCCC(C)C)C1. The highest BCUT2D eigenvalue weighted by molar-refractivity contribution is 6.07. The van der Waals surface area contributed by atoms with E-state index in [-0.39, 0.29) is 17.8 Å². The van der Waals surface area contributed by atoms with E-state index in [1.54, 1.807) is 29.2 Å². The number of likely N-dealkylation sites (tertiary alicyclic amines) is 1. The van der Waals surface area contributed by atoms with Crippen molar-refractivity contribution in [3.63, 3.8) is 0 Å². The van der Waals surface area contributed by atoms with E-state index >= 15 is 0 Å². The summed E-state index contributed by atoms with van der Waals surface area (Å²) in [7, 11) is 0. The fourth-order valence-corrected chi connectivity index (χ4v) is 2.67. The number of carbonyl (C=O) groups excluding carboxylic acids is 2. The molecule has 4 heteroatoms. The fourth-order valence-electron chi connectivity index (χ4n) is 2.67. The number of nitrogens with zero attached hydrogens (tertiary/aromatic N) is 1. The van der Waals surface area contributed by atoms with Crippen molar-refractivity contribution in [2.45, 2.75) is 39.7 Å². The number of rotatable bonds is 6. The molecule has 120 valence electrons. The summed E-state index contributed by atoms with van der Waals surface area (Å²) in [6.45, 7) is 7.89. The van der Waals surface area contributed by atoms with Crippen LogP contribution in [0.15, 0.2) is 24.3 Å². The average molecular weight is 303 g/mol. The predicted octanol–water partition coefficient (Wildman–Crippen LogP) is 3.17. The second kappa shape index (κ2) is 7.54. The van der Waals surface area contributed by atoms with Gasteiger partial charge in [-0.2, -0.15) is 0 Å². The number of amides is 1. The molecule has 1 aliphatic heterocycles. The number of carbonyl (C=O) groups is 2. The molecule has 0 saturated carbocycles. The standard InChI is InChI=1S/C18H25NO3/c1-13(2)9-11-22-15-8-10-19(12-15)18(21)17-7-5-4-6-16(17)14(3)20/h4-7,13,15H,8-12H2,1-3H3. The zero-order valence-electron chi connectivity index (χ0n) is 13.7. The van der Waals surface area contributed by atoms with Gasteiger partial charge in [0.05, 0.1) is 11.7 Å². The maximum absolute atomic E-state index is 12.6. The minimum Gasteiger partial charge on any atom is -0.376 e. The molecule has 1 aromatic carbocycles. The molecule has 1 fully saturated rings. The van der Waals surface area contributed by atoms with Crippen LogP contribution in [0.1, 0.15) is 54.3 Å². The maximum Gasteiger partial charge on any atom is 0.254 e. The molecule has 1 aromatic rings. The molecule has 0 radical (unpaired) electrons. The van der Waals surface area contributed by atoms with Crippen molar-refractivity contribution in [1.82, 2.24) is 4.90 Å². The number of benzene rings is 1. The summed E-state index contributed by atoms with van der Waals surface area (Å²) >= 11 is 0. The lowest BCUT2D eigenvalue weighted by molar-refractivity contribution is 0.0483. The van der Waals surface area contributed by atoms with Crippen LogP contribution in [0, 0.1) is 5.92 Å². The quantitative estimate of drug-likeness (QED) is 0.758. The van der Waals surface area contributed by atoms with Crippen LogP contribution >= 0.6 is 0 Å². The van der Waals surface area contributed by atoms with Gasteiger partial charge in [-0.1, -0.05) is 32.0 Å². The summed E-state index contributed by atoms with van der Waals surface area (Å²) in [6.07, 6.45) is 2.02. The molecular formula is C18H25NO3. The third kappa shape index (κ3) is 4.17. The van der Waals surface area contributed by atoms with Gasteiger partial charge in [0.25, 0.3) is 5.91 Å². The molecule has 1 atom stereocenters. The molecule has 1 aliphatic rings. The van der Waals surface area contributed by atoms with Crippen LogP contribution in [0.5, 0.6) is 0 Å². The van der Waals surface area contributed by atoms with Crippen LogP contribution < -0.4 is 0 Å². The minimum absolute atomic E-state index is 0.0687. The number of hydrogen-bond donors (Lipinski definition) is 0. The van der Waals surface area contributed by atoms with E-state index in [0.29, 0.717) is 30.1 Å². The van der Waals surface area contributed by atoms with E-state index in [1.807, 2.05) is 0 Å². The van der Waals surface area contributed by atoms with Gasteiger partial charge in [0, 0.05) is 25.3 Å². The Bertz CT molecular complexity index is 539. The Balaban J connectivity index is 1.96. The van der Waals surface area contributed by atoms with Gasteiger partial charge in [-0.15, -0.1) is 0 Å². The zero-order valence-corrected chi connectivity index (χ0v) is 13.7. The Morgan fingerprint density at radius 1 is 1.27 bits per heavy atom. The summed E-state index contributed by atoms with van der Waals surface area (Å²) < 4.78 is 5.85. The van der Waals surface area contributed by atoms with E-state index in [4.69, 9.17) is 4.74 Å². The number of ether oxygens (including phenoxy) is 1. The lowest BCUT2D eigenvalue weighted by Gasteiger charge is -2.18. The predicted molar refractivity (Wildman–Crippen MR) is 86.2 cm³/mol. The Hall–Kier alpha value is -1.68. The van der Waals surface area contributed by atoms with Gasteiger partial charge in [-0.25, -0.2) is 0 Å². The third-order valence-corrected chi connectivity index (χ3v) is 4.02. The van der Waals surface area contributed by atoms with Crippen molar-refractivity contribution in [3.8, 4) is 0 Å². The molecule has 1 saturated heterocycles. The monoisotopic (exact) mass is 303 g/mol. The van der Waals surface area contributed by atoms with Gasteiger partial charge >= 0.3 is 0 Å². The normalized spacial score (nSPS) is 18.0. The minimum atomic E-state index is -0.0760. The highest BCUT2D eigenvalue weighted by Gasteiger charge is 2.28. The van der Waals surface area contributed by atoms with Crippen LogP contribution in [0.4, 0.5) is 0 Å². The lowest BCUT2D eigenvalue weighted by Crippen LogP contribution is -2.31. The van der Waals surface area contributed by atoms with Crippen LogP contribution in [0.3, 0.4) is 0 Å². The summed E-state index contributed by atoms with van der Waals surface area (Å²) in [6, 6.07) is 7.02. The van der Waals surface area contributed by atoms with Crippen LogP contribution in [0.2, 0.25) is 0 Å². The number of hydrogen-bond acceptors (Lipinski definition) is 3.